The second-order valence-electron chi connectivity index (χ2n) is 3.72. The molecule has 90 valence electrons. The first kappa shape index (κ1) is 13.4. The number of nitrogens with two attached hydrogens (primary N) is 1. The minimum absolute atomic E-state index is 0. The zero-order valence-corrected chi connectivity index (χ0v) is 10.2. The third-order valence-electron chi connectivity index (χ3n) is 2.41. The van der Waals surface area contributed by atoms with Crippen molar-refractivity contribution in [3.63, 3.8) is 0 Å². The molecular formula is C12H14ClN3O. The summed E-state index contributed by atoms with van der Waals surface area (Å²) in [6, 6.07) is 11.0. The Morgan fingerprint density at radius 3 is 2.29 bits per heavy atom. The molecule has 3 N–H and O–H groups in total. The van der Waals surface area contributed by atoms with E-state index in [1.807, 2.05) is 31.2 Å². The zero-order valence-electron chi connectivity index (χ0n) is 9.38. The normalized spacial score (nSPS) is 11.6. The second-order valence-corrected chi connectivity index (χ2v) is 3.72. The van der Waals surface area contributed by atoms with Gasteiger partial charge >= 0.3 is 0 Å². The molecule has 5 heteroatoms. The minimum Gasteiger partial charge on any atom is -0.324 e. The summed E-state index contributed by atoms with van der Waals surface area (Å²) in [4.78, 5) is 10.9. The Bertz CT molecular complexity index is 514. The lowest BCUT2D eigenvalue weighted by molar-refractivity contribution is 0.818. The van der Waals surface area contributed by atoms with E-state index >= 15 is 0 Å². The summed E-state index contributed by atoms with van der Waals surface area (Å²) in [6.07, 6.45) is 0. The van der Waals surface area contributed by atoms with Gasteiger partial charge in [-0.3, -0.25) is 4.79 Å². The van der Waals surface area contributed by atoms with E-state index in [2.05, 4.69) is 10.2 Å². The van der Waals surface area contributed by atoms with Crippen LogP contribution in [0.5, 0.6) is 0 Å². The quantitative estimate of drug-likeness (QED) is 0.856. The number of rotatable bonds is 2. The Morgan fingerprint density at radius 2 is 1.82 bits per heavy atom. The highest BCUT2D eigenvalue weighted by Gasteiger charge is 2.01. The van der Waals surface area contributed by atoms with Crippen molar-refractivity contribution >= 4 is 12.4 Å². The van der Waals surface area contributed by atoms with Crippen molar-refractivity contribution in [2.75, 3.05) is 0 Å². The van der Waals surface area contributed by atoms with Gasteiger partial charge in [0.2, 0.25) is 0 Å². The Labute approximate surface area is 105 Å². The standard InChI is InChI=1S/C12H13N3O.ClH/c1-8(13)9-2-4-10(5-3-9)11-6-7-12(16)15-14-11;/h2-8H,13H2,1H3,(H,15,16);1H. The van der Waals surface area contributed by atoms with Gasteiger partial charge in [0.1, 0.15) is 0 Å². The molecule has 0 amide bonds. The first-order valence-electron chi connectivity index (χ1n) is 5.08. The monoisotopic (exact) mass is 251 g/mol. The van der Waals surface area contributed by atoms with E-state index < -0.39 is 0 Å². The molecule has 0 aliphatic carbocycles. The number of benzene rings is 1. The molecule has 0 saturated heterocycles. The molecule has 1 aromatic carbocycles. The number of aromatic nitrogens is 2. The SMILES string of the molecule is CC(N)c1ccc(-c2ccc(=O)[nH]n2)cc1.Cl. The maximum atomic E-state index is 10.9. The molecule has 0 aliphatic rings. The number of hydrogen-bond donors (Lipinski definition) is 2. The molecule has 0 saturated carbocycles. The summed E-state index contributed by atoms with van der Waals surface area (Å²) in [7, 11) is 0. The lowest BCUT2D eigenvalue weighted by atomic mass is 10.1. The fourth-order valence-electron chi connectivity index (χ4n) is 1.46. The summed E-state index contributed by atoms with van der Waals surface area (Å²) in [5.74, 6) is 0. The maximum absolute atomic E-state index is 10.9. The molecule has 0 fully saturated rings. The van der Waals surface area contributed by atoms with Gasteiger partial charge in [-0.05, 0) is 18.6 Å². The van der Waals surface area contributed by atoms with Crippen molar-refractivity contribution in [1.82, 2.24) is 10.2 Å². The summed E-state index contributed by atoms with van der Waals surface area (Å²) in [5.41, 5.74) is 8.34. The Hall–Kier alpha value is -1.65. The smallest absolute Gasteiger partial charge is 0.264 e. The van der Waals surface area contributed by atoms with Crippen molar-refractivity contribution in [2.24, 2.45) is 5.73 Å². The number of H-pyrrole nitrogens is 1. The van der Waals surface area contributed by atoms with Crippen molar-refractivity contribution in [3.8, 4) is 11.3 Å². The lowest BCUT2D eigenvalue weighted by Crippen LogP contribution is -2.06. The van der Waals surface area contributed by atoms with Gasteiger partial charge in [0.15, 0.2) is 0 Å². The predicted octanol–water partition coefficient (Wildman–Crippen LogP) is 1.88. The number of hydrogen-bond acceptors (Lipinski definition) is 3. The first-order valence-corrected chi connectivity index (χ1v) is 5.08. The number of nitrogens with zero attached hydrogens (tertiary/aromatic N) is 1. The summed E-state index contributed by atoms with van der Waals surface area (Å²) in [5, 5.41) is 6.36. The van der Waals surface area contributed by atoms with E-state index in [1.165, 1.54) is 6.07 Å². The Kier molecular flexibility index (Phi) is 4.43. The molecule has 1 aromatic heterocycles. The van der Waals surface area contributed by atoms with Gasteiger partial charge in [-0.25, -0.2) is 5.10 Å². The first-order chi connectivity index (χ1) is 7.66. The van der Waals surface area contributed by atoms with Crippen LogP contribution in [0.4, 0.5) is 0 Å². The molecule has 1 heterocycles. The van der Waals surface area contributed by atoms with E-state index in [4.69, 9.17) is 5.73 Å². The number of aromatic amines is 1. The van der Waals surface area contributed by atoms with Crippen molar-refractivity contribution < 1.29 is 0 Å². The van der Waals surface area contributed by atoms with Gasteiger partial charge < -0.3 is 5.73 Å². The maximum Gasteiger partial charge on any atom is 0.264 e. The van der Waals surface area contributed by atoms with Crippen LogP contribution in [0.3, 0.4) is 0 Å². The number of nitrogens with one attached hydrogen (secondary N) is 1. The van der Waals surface area contributed by atoms with Crippen LogP contribution in [0.1, 0.15) is 18.5 Å². The minimum atomic E-state index is -0.198. The van der Waals surface area contributed by atoms with Gasteiger partial charge in [0, 0.05) is 17.7 Å². The van der Waals surface area contributed by atoms with Gasteiger partial charge in [0.05, 0.1) is 5.69 Å². The van der Waals surface area contributed by atoms with Crippen LogP contribution < -0.4 is 11.3 Å². The van der Waals surface area contributed by atoms with E-state index in [1.54, 1.807) is 6.07 Å². The average molecular weight is 252 g/mol. The fraction of sp³-hybridized carbons (Fsp3) is 0.167. The molecule has 2 aromatic rings. The van der Waals surface area contributed by atoms with Crippen LogP contribution >= 0.6 is 12.4 Å². The van der Waals surface area contributed by atoms with Crippen LogP contribution in [0.15, 0.2) is 41.2 Å². The molecule has 0 spiro atoms. The largest absolute Gasteiger partial charge is 0.324 e. The van der Waals surface area contributed by atoms with E-state index in [0.29, 0.717) is 0 Å². The van der Waals surface area contributed by atoms with E-state index in [9.17, 15) is 4.79 Å². The highest BCUT2D eigenvalue weighted by atomic mass is 35.5. The molecule has 1 unspecified atom stereocenters. The number of halogens is 1. The Morgan fingerprint density at radius 1 is 1.18 bits per heavy atom. The van der Waals surface area contributed by atoms with Crippen LogP contribution in [0.2, 0.25) is 0 Å². The lowest BCUT2D eigenvalue weighted by Gasteiger charge is -2.06. The van der Waals surface area contributed by atoms with Gasteiger partial charge in [0.25, 0.3) is 5.56 Å². The van der Waals surface area contributed by atoms with Gasteiger partial charge in [-0.1, -0.05) is 24.3 Å². The Balaban J connectivity index is 0.00000144. The topological polar surface area (TPSA) is 71.8 Å². The second kappa shape index (κ2) is 5.61. The fourth-order valence-corrected chi connectivity index (χ4v) is 1.46. The molecule has 0 radical (unpaired) electrons. The summed E-state index contributed by atoms with van der Waals surface area (Å²) in [6.45, 7) is 1.94. The molecular weight excluding hydrogens is 238 g/mol. The zero-order chi connectivity index (χ0) is 11.5. The van der Waals surface area contributed by atoms with Crippen molar-refractivity contribution in [1.29, 1.82) is 0 Å². The molecule has 4 nitrogen and oxygen atoms in total. The highest BCUT2D eigenvalue weighted by Crippen LogP contribution is 2.18. The average Bonchev–Trinajstić information content (AvgIpc) is 2.30. The van der Waals surface area contributed by atoms with Crippen LogP contribution in [-0.2, 0) is 0 Å². The molecule has 2 rings (SSSR count). The molecule has 0 bridgehead atoms. The highest BCUT2D eigenvalue weighted by molar-refractivity contribution is 5.85. The van der Waals surface area contributed by atoms with E-state index in [-0.39, 0.29) is 24.0 Å². The van der Waals surface area contributed by atoms with Crippen LogP contribution in [-0.4, -0.2) is 10.2 Å². The van der Waals surface area contributed by atoms with Crippen LogP contribution in [0.25, 0.3) is 11.3 Å². The molecule has 17 heavy (non-hydrogen) atoms. The van der Waals surface area contributed by atoms with Crippen molar-refractivity contribution in [3.05, 3.63) is 52.3 Å². The summed E-state index contributed by atoms with van der Waals surface area (Å²) < 4.78 is 0. The van der Waals surface area contributed by atoms with E-state index in [0.717, 1.165) is 16.8 Å². The van der Waals surface area contributed by atoms with Crippen LogP contribution in [0, 0.1) is 0 Å². The molecule has 1 atom stereocenters. The third-order valence-corrected chi connectivity index (χ3v) is 2.41. The van der Waals surface area contributed by atoms with Gasteiger partial charge in [-0.15, -0.1) is 12.4 Å². The molecule has 0 aliphatic heterocycles. The van der Waals surface area contributed by atoms with Crippen molar-refractivity contribution in [2.45, 2.75) is 13.0 Å². The summed E-state index contributed by atoms with van der Waals surface area (Å²) >= 11 is 0. The van der Waals surface area contributed by atoms with Gasteiger partial charge in [-0.2, -0.15) is 5.10 Å². The third kappa shape index (κ3) is 3.15. The predicted molar refractivity (Wildman–Crippen MR) is 70.1 cm³/mol.